The van der Waals surface area contributed by atoms with E-state index in [1.54, 1.807) is 0 Å². The number of nitrogens with zero attached hydrogens (tertiary/aromatic N) is 1. The molecule has 1 rings (SSSR count). The lowest BCUT2D eigenvalue weighted by atomic mass is 10.1. The van der Waals surface area contributed by atoms with Crippen molar-refractivity contribution in [3.8, 4) is 11.8 Å². The van der Waals surface area contributed by atoms with E-state index in [4.69, 9.17) is 10.8 Å². The van der Waals surface area contributed by atoms with Crippen molar-refractivity contribution in [1.82, 2.24) is 4.57 Å². The van der Waals surface area contributed by atoms with Crippen LogP contribution in [0.15, 0.2) is 12.1 Å². The van der Waals surface area contributed by atoms with Crippen molar-refractivity contribution in [3.05, 3.63) is 12.1 Å². The molecule has 6 nitrogen and oxygen atoms in total. The van der Waals surface area contributed by atoms with Crippen LogP contribution in [0, 0.1) is 0 Å². The van der Waals surface area contributed by atoms with Crippen LogP contribution >= 0.6 is 0 Å². The van der Waals surface area contributed by atoms with Gasteiger partial charge in [-0.05, 0) is 25.8 Å². The number of carbonyl (C=O) groups is 1. The molecule has 0 aliphatic carbocycles. The average Bonchev–Trinajstić information content (AvgIpc) is 2.54. The average molecular weight is 228 g/mol. The standard InChI is InChI=1S/C10H16N2O4/c11-6-2-1-3-7(10(15)16)12-8(13)4-5-9(12)14/h4-5,7,13-14H,1-3,6,11H2,(H,15,16)/t7-/m0/s1. The minimum Gasteiger partial charge on any atom is -0.494 e. The van der Waals surface area contributed by atoms with E-state index in [9.17, 15) is 15.0 Å². The summed E-state index contributed by atoms with van der Waals surface area (Å²) < 4.78 is 0.999. The molecule has 1 atom stereocenters. The SMILES string of the molecule is NCCCC[C@@H](C(=O)O)n1c(O)ccc1O. The number of aromatic hydroxyl groups is 2. The molecule has 5 N–H and O–H groups in total. The van der Waals surface area contributed by atoms with Gasteiger partial charge in [0.15, 0.2) is 11.8 Å². The minimum atomic E-state index is -1.08. The second-order valence-electron chi connectivity index (χ2n) is 3.56. The van der Waals surface area contributed by atoms with Crippen LogP contribution in [-0.4, -0.2) is 32.4 Å². The maximum atomic E-state index is 11.0. The number of rotatable bonds is 6. The smallest absolute Gasteiger partial charge is 0.326 e. The van der Waals surface area contributed by atoms with Crippen molar-refractivity contribution in [3.63, 3.8) is 0 Å². The molecule has 0 fully saturated rings. The highest BCUT2D eigenvalue weighted by molar-refractivity contribution is 5.72. The molecule has 6 heteroatoms. The first-order chi connectivity index (χ1) is 7.57. The van der Waals surface area contributed by atoms with Crippen LogP contribution in [0.3, 0.4) is 0 Å². The molecular weight excluding hydrogens is 212 g/mol. The Bertz CT molecular complexity index is 342. The third-order valence-electron chi connectivity index (χ3n) is 2.40. The second-order valence-corrected chi connectivity index (χ2v) is 3.56. The van der Waals surface area contributed by atoms with E-state index in [-0.39, 0.29) is 11.8 Å². The minimum absolute atomic E-state index is 0.252. The molecule has 0 radical (unpaired) electrons. The van der Waals surface area contributed by atoms with Crippen LogP contribution in [0.4, 0.5) is 0 Å². The Hall–Kier alpha value is -1.69. The maximum Gasteiger partial charge on any atom is 0.326 e. The molecule has 0 aliphatic heterocycles. The summed E-state index contributed by atoms with van der Waals surface area (Å²) in [5.74, 6) is -1.59. The maximum absolute atomic E-state index is 11.0. The van der Waals surface area contributed by atoms with Crippen molar-refractivity contribution >= 4 is 5.97 Å². The fraction of sp³-hybridized carbons (Fsp3) is 0.500. The lowest BCUT2D eigenvalue weighted by molar-refractivity contribution is -0.141. The van der Waals surface area contributed by atoms with Gasteiger partial charge in [-0.3, -0.25) is 4.57 Å². The molecule has 1 heterocycles. The highest BCUT2D eigenvalue weighted by Gasteiger charge is 2.23. The Balaban J connectivity index is 2.81. The normalized spacial score (nSPS) is 12.6. The third kappa shape index (κ3) is 2.66. The number of aliphatic carboxylic acids is 1. The summed E-state index contributed by atoms with van der Waals surface area (Å²) in [4.78, 5) is 11.0. The van der Waals surface area contributed by atoms with Crippen molar-refractivity contribution in [2.24, 2.45) is 5.73 Å². The summed E-state index contributed by atoms with van der Waals surface area (Å²) in [6.07, 6.45) is 1.67. The fourth-order valence-corrected chi connectivity index (χ4v) is 1.59. The van der Waals surface area contributed by atoms with Gasteiger partial charge in [0, 0.05) is 12.1 Å². The van der Waals surface area contributed by atoms with Crippen LogP contribution in [0.2, 0.25) is 0 Å². The van der Waals surface area contributed by atoms with Crippen LogP contribution in [0.5, 0.6) is 11.8 Å². The van der Waals surface area contributed by atoms with E-state index in [2.05, 4.69) is 0 Å². The topological polar surface area (TPSA) is 109 Å². The number of hydrogen-bond donors (Lipinski definition) is 4. The highest BCUT2D eigenvalue weighted by Crippen LogP contribution is 2.29. The van der Waals surface area contributed by atoms with Crippen molar-refractivity contribution in [1.29, 1.82) is 0 Å². The van der Waals surface area contributed by atoms with Crippen molar-refractivity contribution in [2.45, 2.75) is 25.3 Å². The third-order valence-corrected chi connectivity index (χ3v) is 2.40. The summed E-state index contributed by atoms with van der Waals surface area (Å²) in [7, 11) is 0. The van der Waals surface area contributed by atoms with Gasteiger partial charge < -0.3 is 21.1 Å². The lowest BCUT2D eigenvalue weighted by Crippen LogP contribution is -2.18. The molecule has 0 saturated heterocycles. The molecule has 0 unspecified atom stereocenters. The summed E-state index contributed by atoms with van der Waals surface area (Å²) in [6, 6.07) is 1.56. The first kappa shape index (κ1) is 12.4. The predicted octanol–water partition coefficient (Wildman–Crippen LogP) is 0.654. The van der Waals surface area contributed by atoms with Crippen molar-refractivity contribution < 1.29 is 20.1 Å². The summed E-state index contributed by atoms with van der Waals surface area (Å²) >= 11 is 0. The van der Waals surface area contributed by atoms with Gasteiger partial charge in [-0.25, -0.2) is 4.79 Å². The number of carboxylic acids is 1. The molecule has 0 amide bonds. The van der Waals surface area contributed by atoms with Gasteiger partial charge in [0.1, 0.15) is 6.04 Å². The monoisotopic (exact) mass is 228 g/mol. The van der Waals surface area contributed by atoms with E-state index in [1.807, 2.05) is 0 Å². The Kier molecular flexibility index (Phi) is 4.19. The zero-order chi connectivity index (χ0) is 12.1. The molecule has 16 heavy (non-hydrogen) atoms. The van der Waals surface area contributed by atoms with Gasteiger partial charge >= 0.3 is 5.97 Å². The lowest BCUT2D eigenvalue weighted by Gasteiger charge is -2.16. The molecule has 0 aromatic carbocycles. The molecule has 1 aromatic heterocycles. The van der Waals surface area contributed by atoms with Gasteiger partial charge in [-0.15, -0.1) is 0 Å². The first-order valence-corrected chi connectivity index (χ1v) is 5.10. The van der Waals surface area contributed by atoms with Gasteiger partial charge in [-0.2, -0.15) is 0 Å². The van der Waals surface area contributed by atoms with Crippen LogP contribution in [-0.2, 0) is 4.79 Å². The Morgan fingerprint density at radius 2 is 1.88 bits per heavy atom. The first-order valence-electron chi connectivity index (χ1n) is 5.10. The summed E-state index contributed by atoms with van der Waals surface area (Å²) in [6.45, 7) is 0.496. The zero-order valence-corrected chi connectivity index (χ0v) is 8.83. The molecule has 90 valence electrons. The molecular formula is C10H16N2O4. The van der Waals surface area contributed by atoms with E-state index >= 15 is 0 Å². The number of unbranched alkanes of at least 4 members (excludes halogenated alkanes) is 1. The van der Waals surface area contributed by atoms with Gasteiger partial charge in [0.2, 0.25) is 0 Å². The quantitative estimate of drug-likeness (QED) is 0.535. The van der Waals surface area contributed by atoms with E-state index in [1.165, 1.54) is 12.1 Å². The van der Waals surface area contributed by atoms with E-state index in [0.29, 0.717) is 25.8 Å². The Labute approximate surface area is 92.9 Å². The number of carboxylic acid groups (broad SMARTS) is 1. The number of hydrogen-bond acceptors (Lipinski definition) is 4. The van der Waals surface area contributed by atoms with Crippen LogP contribution < -0.4 is 5.73 Å². The van der Waals surface area contributed by atoms with Gasteiger partial charge in [-0.1, -0.05) is 0 Å². The second kappa shape index (κ2) is 5.41. The summed E-state index contributed by atoms with van der Waals surface area (Å²) in [5, 5.41) is 27.9. The number of aromatic nitrogens is 1. The Morgan fingerprint density at radius 1 is 1.31 bits per heavy atom. The van der Waals surface area contributed by atoms with Gasteiger partial charge in [0.25, 0.3) is 0 Å². The zero-order valence-electron chi connectivity index (χ0n) is 8.83. The summed E-state index contributed by atoms with van der Waals surface area (Å²) in [5.41, 5.74) is 5.32. The highest BCUT2D eigenvalue weighted by atomic mass is 16.4. The fourth-order valence-electron chi connectivity index (χ4n) is 1.59. The molecule has 0 bridgehead atoms. The molecule has 0 spiro atoms. The van der Waals surface area contributed by atoms with Crippen LogP contribution in [0.1, 0.15) is 25.3 Å². The number of nitrogens with two attached hydrogens (primary N) is 1. The van der Waals surface area contributed by atoms with E-state index in [0.717, 1.165) is 4.57 Å². The largest absolute Gasteiger partial charge is 0.494 e. The predicted molar refractivity (Wildman–Crippen MR) is 57.3 cm³/mol. The molecule has 0 saturated carbocycles. The van der Waals surface area contributed by atoms with Crippen molar-refractivity contribution in [2.75, 3.05) is 6.54 Å². The molecule has 1 aromatic rings. The van der Waals surface area contributed by atoms with Crippen LogP contribution in [0.25, 0.3) is 0 Å². The molecule has 0 aliphatic rings. The van der Waals surface area contributed by atoms with E-state index < -0.39 is 12.0 Å². The van der Waals surface area contributed by atoms with Gasteiger partial charge in [0.05, 0.1) is 0 Å². The Morgan fingerprint density at radius 3 is 2.31 bits per heavy atom.